The van der Waals surface area contributed by atoms with Crippen molar-refractivity contribution in [3.63, 3.8) is 0 Å². The molecule has 0 unspecified atom stereocenters. The number of nitriles is 1. The molecule has 2 aromatic carbocycles. The number of halogens is 1. The molecule has 8 nitrogen and oxygen atoms in total. The molecule has 9 heteroatoms. The Morgan fingerprint density at radius 3 is 2.54 bits per heavy atom. The molecule has 0 fully saturated rings. The number of rotatable bonds is 12. The highest BCUT2D eigenvalue weighted by Crippen LogP contribution is 2.16. The third-order valence-electron chi connectivity index (χ3n) is 5.48. The Kier molecular flexibility index (Phi) is 9.82. The molecule has 3 rings (SSSR count). The zero-order chi connectivity index (χ0) is 25.2. The maximum atomic E-state index is 13.5. The molecule has 1 aromatic heterocycles. The van der Waals surface area contributed by atoms with E-state index in [0.717, 1.165) is 11.1 Å². The Hall–Kier alpha value is -3.22. The third-order valence-corrected chi connectivity index (χ3v) is 5.73. The summed E-state index contributed by atoms with van der Waals surface area (Å²) in [5, 5.41) is 9.93. The lowest BCUT2D eigenvalue weighted by Gasteiger charge is -2.23. The van der Waals surface area contributed by atoms with Gasteiger partial charge in [0.15, 0.2) is 0 Å². The van der Waals surface area contributed by atoms with Crippen LogP contribution in [0.2, 0.25) is 5.02 Å². The SMILES string of the molecule is COCCOCCN(Cc1ccc(Cl)cc1)C(=O)c1c[nH]c2ccc(CN(C)CC#N)cc2c1=O. The van der Waals surface area contributed by atoms with Gasteiger partial charge in [-0.1, -0.05) is 29.8 Å². The third kappa shape index (κ3) is 7.38. The lowest BCUT2D eigenvalue weighted by atomic mass is 10.1. The lowest BCUT2D eigenvalue weighted by molar-refractivity contribution is 0.0476. The minimum atomic E-state index is -0.384. The number of benzene rings is 2. The number of aromatic nitrogens is 1. The van der Waals surface area contributed by atoms with Crippen molar-refractivity contribution < 1.29 is 14.3 Å². The molecule has 35 heavy (non-hydrogen) atoms. The number of ether oxygens (including phenoxy) is 2. The quantitative estimate of drug-likeness (QED) is 0.304. The predicted molar refractivity (Wildman–Crippen MR) is 135 cm³/mol. The summed E-state index contributed by atoms with van der Waals surface area (Å²) < 4.78 is 10.6. The minimum absolute atomic E-state index is 0.0610. The van der Waals surface area contributed by atoms with Crippen molar-refractivity contribution in [3.8, 4) is 6.07 Å². The molecule has 3 aromatic rings. The summed E-state index contributed by atoms with van der Waals surface area (Å²) in [7, 11) is 3.43. The second-order valence-corrected chi connectivity index (χ2v) is 8.64. The fraction of sp³-hybridized carbons (Fsp3) is 0.346. The second kappa shape index (κ2) is 13.0. The first-order valence-electron chi connectivity index (χ1n) is 11.2. The topological polar surface area (TPSA) is 98.7 Å². The second-order valence-electron chi connectivity index (χ2n) is 8.20. The van der Waals surface area contributed by atoms with Crippen LogP contribution in [0.1, 0.15) is 21.5 Å². The number of hydrogen-bond acceptors (Lipinski definition) is 6. The Bertz CT molecular complexity index is 1240. The highest BCUT2D eigenvalue weighted by molar-refractivity contribution is 6.30. The van der Waals surface area contributed by atoms with Crippen LogP contribution in [-0.2, 0) is 22.6 Å². The Morgan fingerprint density at radius 2 is 1.83 bits per heavy atom. The molecular weight excluding hydrogens is 468 g/mol. The van der Waals surface area contributed by atoms with E-state index in [2.05, 4.69) is 11.1 Å². The van der Waals surface area contributed by atoms with Gasteiger partial charge >= 0.3 is 0 Å². The van der Waals surface area contributed by atoms with E-state index >= 15 is 0 Å². The normalized spacial score (nSPS) is 11.1. The first kappa shape index (κ1) is 26.4. The van der Waals surface area contributed by atoms with Gasteiger partial charge < -0.3 is 19.4 Å². The van der Waals surface area contributed by atoms with Crippen LogP contribution in [0, 0.1) is 11.3 Å². The van der Waals surface area contributed by atoms with E-state index < -0.39 is 0 Å². The highest BCUT2D eigenvalue weighted by Gasteiger charge is 2.21. The maximum Gasteiger partial charge on any atom is 0.259 e. The number of carbonyl (C=O) groups is 1. The van der Waals surface area contributed by atoms with Crippen molar-refractivity contribution in [3.05, 3.63) is 80.6 Å². The van der Waals surface area contributed by atoms with E-state index in [1.54, 1.807) is 30.2 Å². The van der Waals surface area contributed by atoms with E-state index in [4.69, 9.17) is 26.3 Å². The van der Waals surface area contributed by atoms with Gasteiger partial charge in [-0.3, -0.25) is 14.5 Å². The van der Waals surface area contributed by atoms with E-state index in [1.165, 1.54) is 6.20 Å². The van der Waals surface area contributed by atoms with E-state index in [-0.39, 0.29) is 23.4 Å². The molecule has 0 aliphatic rings. The summed E-state index contributed by atoms with van der Waals surface area (Å²) in [6.45, 7) is 2.59. The van der Waals surface area contributed by atoms with Crippen molar-refractivity contribution in [1.29, 1.82) is 5.26 Å². The van der Waals surface area contributed by atoms with Crippen molar-refractivity contribution in [2.45, 2.75) is 13.1 Å². The number of fused-ring (bicyclic) bond motifs is 1. The molecule has 0 atom stereocenters. The molecular formula is C26H29ClN4O4. The standard InChI is InChI=1S/C26H29ClN4O4/c1-30(10-9-28)17-20-5-8-24-22(15-20)25(32)23(16-29-24)26(33)31(11-12-35-14-13-34-2)18-19-3-6-21(27)7-4-19/h3-8,15-16H,10-14,17-18H2,1-2H3,(H,29,32). The van der Waals surface area contributed by atoms with Gasteiger partial charge in [0.25, 0.3) is 5.91 Å². The summed E-state index contributed by atoms with van der Waals surface area (Å²) in [6, 6.07) is 14.8. The molecule has 0 aliphatic heterocycles. The molecule has 1 heterocycles. The highest BCUT2D eigenvalue weighted by atomic mass is 35.5. The van der Waals surface area contributed by atoms with Gasteiger partial charge in [-0.2, -0.15) is 5.26 Å². The number of nitrogens with zero attached hydrogens (tertiary/aromatic N) is 3. The number of amides is 1. The van der Waals surface area contributed by atoms with Crippen LogP contribution >= 0.6 is 11.6 Å². The van der Waals surface area contributed by atoms with E-state index in [0.29, 0.717) is 55.4 Å². The molecule has 0 bridgehead atoms. The lowest BCUT2D eigenvalue weighted by Crippen LogP contribution is -2.36. The van der Waals surface area contributed by atoms with Crippen LogP contribution in [0.25, 0.3) is 10.9 Å². The number of H-pyrrole nitrogens is 1. The smallest absolute Gasteiger partial charge is 0.259 e. The van der Waals surface area contributed by atoms with Crippen LogP contribution < -0.4 is 5.43 Å². The van der Waals surface area contributed by atoms with E-state index in [9.17, 15) is 9.59 Å². The van der Waals surface area contributed by atoms with Gasteiger partial charge in [0.1, 0.15) is 5.56 Å². The number of nitrogens with one attached hydrogen (secondary N) is 1. The average Bonchev–Trinajstić information content (AvgIpc) is 2.85. The van der Waals surface area contributed by atoms with E-state index in [1.807, 2.05) is 36.2 Å². The Labute approximate surface area is 209 Å². The molecule has 0 aliphatic carbocycles. The van der Waals surface area contributed by atoms with Gasteiger partial charge in [0.2, 0.25) is 5.43 Å². The van der Waals surface area contributed by atoms with Crippen LogP contribution in [-0.4, -0.2) is 67.8 Å². The maximum absolute atomic E-state index is 13.5. The predicted octanol–water partition coefficient (Wildman–Crippen LogP) is 3.44. The van der Waals surface area contributed by atoms with Crippen LogP contribution in [0.4, 0.5) is 0 Å². The Balaban J connectivity index is 1.87. The fourth-order valence-electron chi connectivity index (χ4n) is 3.66. The molecule has 0 spiro atoms. The number of pyridine rings is 1. The van der Waals surface area contributed by atoms with Gasteiger partial charge in [0.05, 0.1) is 32.4 Å². The van der Waals surface area contributed by atoms with Crippen LogP contribution in [0.3, 0.4) is 0 Å². The molecule has 0 saturated heterocycles. The average molecular weight is 497 g/mol. The largest absolute Gasteiger partial charge is 0.382 e. The fourth-order valence-corrected chi connectivity index (χ4v) is 3.79. The Morgan fingerprint density at radius 1 is 1.09 bits per heavy atom. The number of aromatic amines is 1. The molecule has 1 amide bonds. The molecule has 0 saturated carbocycles. The monoisotopic (exact) mass is 496 g/mol. The van der Waals surface area contributed by atoms with Crippen LogP contribution in [0.5, 0.6) is 0 Å². The summed E-state index contributed by atoms with van der Waals surface area (Å²) in [5.41, 5.74) is 2.14. The van der Waals surface area contributed by atoms with Gasteiger partial charge in [-0.25, -0.2) is 0 Å². The van der Waals surface area contributed by atoms with Gasteiger partial charge in [-0.05, 0) is 42.4 Å². The van der Waals surface area contributed by atoms with Gasteiger partial charge in [0, 0.05) is 48.9 Å². The summed E-state index contributed by atoms with van der Waals surface area (Å²) >= 11 is 6.00. The minimum Gasteiger partial charge on any atom is -0.382 e. The van der Waals surface area contributed by atoms with Crippen LogP contribution in [0.15, 0.2) is 53.5 Å². The summed E-state index contributed by atoms with van der Waals surface area (Å²) in [5.74, 6) is -0.384. The number of hydrogen-bond donors (Lipinski definition) is 1. The first-order chi connectivity index (χ1) is 16.9. The van der Waals surface area contributed by atoms with Crippen molar-refractivity contribution >= 4 is 28.4 Å². The van der Waals surface area contributed by atoms with Crippen molar-refractivity contribution in [2.75, 3.05) is 47.1 Å². The zero-order valence-corrected chi connectivity index (χ0v) is 20.7. The summed E-state index contributed by atoms with van der Waals surface area (Å²) in [4.78, 5) is 33.4. The number of methoxy groups -OCH3 is 1. The van der Waals surface area contributed by atoms with Crippen molar-refractivity contribution in [2.24, 2.45) is 0 Å². The molecule has 0 radical (unpaired) electrons. The molecule has 184 valence electrons. The first-order valence-corrected chi connectivity index (χ1v) is 11.6. The summed E-state index contributed by atoms with van der Waals surface area (Å²) in [6.07, 6.45) is 1.47. The number of carbonyl (C=O) groups excluding carboxylic acids is 1. The molecule has 1 N–H and O–H groups in total. The van der Waals surface area contributed by atoms with Crippen molar-refractivity contribution in [1.82, 2.24) is 14.8 Å². The zero-order valence-electron chi connectivity index (χ0n) is 19.9. The van der Waals surface area contributed by atoms with Gasteiger partial charge in [-0.15, -0.1) is 0 Å².